The molecule has 0 N–H and O–H groups in total. The quantitative estimate of drug-likeness (QED) is 0.559. The number of rotatable bonds is 3. The van der Waals surface area contributed by atoms with E-state index in [1.54, 1.807) is 0 Å². The molecule has 0 aromatic rings. The second-order valence-corrected chi connectivity index (χ2v) is 3.33. The van der Waals surface area contributed by atoms with Crippen molar-refractivity contribution in [3.05, 3.63) is 0 Å². The Morgan fingerprint density at radius 2 is 2.27 bits per heavy atom. The van der Waals surface area contributed by atoms with Gasteiger partial charge in [-0.05, 0) is 20.5 Å². The molecule has 0 bridgehead atoms. The van der Waals surface area contributed by atoms with Crippen LogP contribution in [0.2, 0.25) is 0 Å². The number of carbonyl (C=O) groups excluding carboxylic acids is 1. The summed E-state index contributed by atoms with van der Waals surface area (Å²) in [6, 6.07) is 0.634. The molecular formula is C8H15NO2. The number of hydrogen-bond acceptors (Lipinski definition) is 3. The molecule has 1 saturated carbocycles. The standard InChI is InChI=1S/C8H15NO2/c1-6(10)11-5-7-4-8(7)9(2)3/h7-8H,4-5H2,1-3H3/t7-,8-/m1/s1. The SMILES string of the molecule is CC(=O)OC[C@H]1C[C@H]1N(C)C. The summed E-state index contributed by atoms with van der Waals surface area (Å²) in [4.78, 5) is 12.6. The Labute approximate surface area is 67.3 Å². The van der Waals surface area contributed by atoms with Crippen molar-refractivity contribution in [3.8, 4) is 0 Å². The van der Waals surface area contributed by atoms with E-state index < -0.39 is 0 Å². The lowest BCUT2D eigenvalue weighted by molar-refractivity contribution is -0.141. The molecule has 11 heavy (non-hydrogen) atoms. The average Bonchev–Trinajstić information content (AvgIpc) is 2.61. The van der Waals surface area contributed by atoms with Gasteiger partial charge < -0.3 is 9.64 Å². The summed E-state index contributed by atoms with van der Waals surface area (Å²) in [5.41, 5.74) is 0. The Hall–Kier alpha value is -0.570. The number of nitrogens with zero attached hydrogens (tertiary/aromatic N) is 1. The second-order valence-electron chi connectivity index (χ2n) is 3.33. The fourth-order valence-electron chi connectivity index (χ4n) is 1.27. The van der Waals surface area contributed by atoms with Gasteiger partial charge in [-0.15, -0.1) is 0 Å². The van der Waals surface area contributed by atoms with Gasteiger partial charge in [-0.1, -0.05) is 0 Å². The van der Waals surface area contributed by atoms with Gasteiger partial charge in [0, 0.05) is 18.9 Å². The lowest BCUT2D eigenvalue weighted by atomic mass is 10.4. The molecule has 0 saturated heterocycles. The minimum atomic E-state index is -0.172. The van der Waals surface area contributed by atoms with Gasteiger partial charge in [0.05, 0.1) is 6.61 Å². The highest BCUT2D eigenvalue weighted by Gasteiger charge is 2.39. The van der Waals surface area contributed by atoms with Crippen LogP contribution < -0.4 is 0 Å². The molecule has 3 nitrogen and oxygen atoms in total. The highest BCUT2D eigenvalue weighted by Crippen LogP contribution is 2.34. The number of hydrogen-bond donors (Lipinski definition) is 0. The molecule has 0 aromatic heterocycles. The minimum Gasteiger partial charge on any atom is -0.466 e. The maximum absolute atomic E-state index is 10.4. The molecule has 64 valence electrons. The van der Waals surface area contributed by atoms with Crippen LogP contribution in [0.3, 0.4) is 0 Å². The van der Waals surface area contributed by atoms with Crippen molar-refractivity contribution in [2.45, 2.75) is 19.4 Å². The van der Waals surface area contributed by atoms with E-state index in [1.165, 1.54) is 13.3 Å². The zero-order chi connectivity index (χ0) is 8.43. The van der Waals surface area contributed by atoms with Gasteiger partial charge >= 0.3 is 5.97 Å². The lowest BCUT2D eigenvalue weighted by Crippen LogP contribution is -2.18. The molecule has 1 aliphatic rings. The van der Waals surface area contributed by atoms with Crippen LogP contribution in [0.1, 0.15) is 13.3 Å². The van der Waals surface area contributed by atoms with Crippen LogP contribution in [0.25, 0.3) is 0 Å². The van der Waals surface area contributed by atoms with Crippen LogP contribution in [-0.4, -0.2) is 37.6 Å². The Balaban J connectivity index is 2.09. The minimum absolute atomic E-state index is 0.172. The van der Waals surface area contributed by atoms with Crippen LogP contribution in [0.4, 0.5) is 0 Å². The monoisotopic (exact) mass is 157 g/mol. The van der Waals surface area contributed by atoms with Gasteiger partial charge in [0.1, 0.15) is 0 Å². The molecule has 1 rings (SSSR count). The maximum Gasteiger partial charge on any atom is 0.302 e. The molecule has 0 unspecified atom stereocenters. The lowest BCUT2D eigenvalue weighted by Gasteiger charge is -2.07. The summed E-state index contributed by atoms with van der Waals surface area (Å²) in [7, 11) is 4.11. The van der Waals surface area contributed by atoms with E-state index in [4.69, 9.17) is 4.74 Å². The van der Waals surface area contributed by atoms with Crippen molar-refractivity contribution in [1.82, 2.24) is 4.90 Å². The Kier molecular flexibility index (Phi) is 2.49. The van der Waals surface area contributed by atoms with Crippen LogP contribution >= 0.6 is 0 Å². The largest absolute Gasteiger partial charge is 0.466 e. The molecule has 2 atom stereocenters. The summed E-state index contributed by atoms with van der Waals surface area (Å²) in [6.45, 7) is 2.05. The first-order valence-electron chi connectivity index (χ1n) is 3.91. The van der Waals surface area contributed by atoms with Crippen LogP contribution in [0.15, 0.2) is 0 Å². The number of carbonyl (C=O) groups is 1. The molecule has 1 aliphatic carbocycles. The van der Waals surface area contributed by atoms with Crippen molar-refractivity contribution in [3.63, 3.8) is 0 Å². The third kappa shape index (κ3) is 2.50. The normalized spacial score (nSPS) is 28.7. The molecule has 0 aliphatic heterocycles. The predicted octanol–water partition coefficient (Wildman–Crippen LogP) is 0.500. The second kappa shape index (κ2) is 3.22. The van der Waals surface area contributed by atoms with E-state index in [2.05, 4.69) is 19.0 Å². The summed E-state index contributed by atoms with van der Waals surface area (Å²) < 4.78 is 4.88. The topological polar surface area (TPSA) is 29.5 Å². The van der Waals surface area contributed by atoms with Crippen LogP contribution in [0, 0.1) is 5.92 Å². The fourth-order valence-corrected chi connectivity index (χ4v) is 1.27. The van der Waals surface area contributed by atoms with Crippen LogP contribution in [-0.2, 0) is 9.53 Å². The molecule has 0 aromatic carbocycles. The van der Waals surface area contributed by atoms with E-state index in [-0.39, 0.29) is 5.97 Å². The molecular weight excluding hydrogens is 142 g/mol. The van der Waals surface area contributed by atoms with Crippen molar-refractivity contribution in [1.29, 1.82) is 0 Å². The van der Waals surface area contributed by atoms with E-state index in [1.807, 2.05) is 0 Å². The Bertz CT molecular complexity index is 156. The van der Waals surface area contributed by atoms with Crippen molar-refractivity contribution < 1.29 is 9.53 Å². The molecule has 0 spiro atoms. The van der Waals surface area contributed by atoms with Gasteiger partial charge in [-0.25, -0.2) is 0 Å². The highest BCUT2D eigenvalue weighted by atomic mass is 16.5. The summed E-state index contributed by atoms with van der Waals surface area (Å²) >= 11 is 0. The Morgan fingerprint density at radius 3 is 2.64 bits per heavy atom. The van der Waals surface area contributed by atoms with Gasteiger partial charge in [-0.3, -0.25) is 4.79 Å². The van der Waals surface area contributed by atoms with Gasteiger partial charge in [0.25, 0.3) is 0 Å². The first-order valence-corrected chi connectivity index (χ1v) is 3.91. The zero-order valence-electron chi connectivity index (χ0n) is 7.33. The van der Waals surface area contributed by atoms with Gasteiger partial charge in [-0.2, -0.15) is 0 Å². The smallest absolute Gasteiger partial charge is 0.302 e. The summed E-state index contributed by atoms with van der Waals surface area (Å²) in [5, 5.41) is 0. The van der Waals surface area contributed by atoms with E-state index in [9.17, 15) is 4.79 Å². The van der Waals surface area contributed by atoms with Gasteiger partial charge in [0.2, 0.25) is 0 Å². The molecule has 1 fully saturated rings. The molecule has 0 amide bonds. The maximum atomic E-state index is 10.4. The van der Waals surface area contributed by atoms with Gasteiger partial charge in [0.15, 0.2) is 0 Å². The van der Waals surface area contributed by atoms with Crippen molar-refractivity contribution >= 4 is 5.97 Å². The third-order valence-electron chi connectivity index (χ3n) is 2.05. The van der Waals surface area contributed by atoms with E-state index >= 15 is 0 Å². The highest BCUT2D eigenvalue weighted by molar-refractivity contribution is 5.65. The third-order valence-corrected chi connectivity index (χ3v) is 2.05. The van der Waals surface area contributed by atoms with E-state index in [0.717, 1.165) is 0 Å². The molecule has 0 heterocycles. The first kappa shape index (κ1) is 8.53. The molecule has 3 heteroatoms. The molecule has 0 radical (unpaired) electrons. The zero-order valence-corrected chi connectivity index (χ0v) is 7.33. The number of esters is 1. The number of ether oxygens (including phenoxy) is 1. The fraction of sp³-hybridized carbons (Fsp3) is 0.875. The average molecular weight is 157 g/mol. The Morgan fingerprint density at radius 1 is 1.64 bits per heavy atom. The van der Waals surface area contributed by atoms with E-state index in [0.29, 0.717) is 18.6 Å². The summed E-state index contributed by atoms with van der Waals surface area (Å²) in [6.07, 6.45) is 1.17. The van der Waals surface area contributed by atoms with Crippen molar-refractivity contribution in [2.75, 3.05) is 20.7 Å². The summed E-state index contributed by atoms with van der Waals surface area (Å²) in [5.74, 6) is 0.406. The predicted molar refractivity (Wildman–Crippen MR) is 42.2 cm³/mol. The first-order chi connectivity index (χ1) is 5.11. The van der Waals surface area contributed by atoms with Crippen LogP contribution in [0.5, 0.6) is 0 Å². The van der Waals surface area contributed by atoms with Crippen molar-refractivity contribution in [2.24, 2.45) is 5.92 Å².